The molecule has 0 aliphatic rings. The van der Waals surface area contributed by atoms with Crippen LogP contribution in [0.1, 0.15) is 26.3 Å². The monoisotopic (exact) mass is 341 g/mol. The van der Waals surface area contributed by atoms with Crippen molar-refractivity contribution >= 4 is 17.0 Å². The number of halogens is 1. The maximum Gasteiger partial charge on any atom is 0.418 e. The van der Waals surface area contributed by atoms with Crippen LogP contribution in [-0.4, -0.2) is 16.3 Å². The Morgan fingerprint density at radius 1 is 1.08 bits per heavy atom. The highest BCUT2D eigenvalue weighted by molar-refractivity contribution is 5.90. The average Bonchev–Trinajstić information content (AvgIpc) is 2.99. The van der Waals surface area contributed by atoms with Crippen LogP contribution in [0.5, 0.6) is 5.75 Å². The molecule has 25 heavy (non-hydrogen) atoms. The lowest BCUT2D eigenvalue weighted by atomic mass is 10.2. The molecule has 0 fully saturated rings. The van der Waals surface area contributed by atoms with E-state index in [0.717, 1.165) is 5.56 Å². The molecule has 3 aromatic rings. The van der Waals surface area contributed by atoms with Gasteiger partial charge in [0, 0.05) is 11.6 Å². The molecule has 0 saturated carbocycles. The molecule has 0 radical (unpaired) electrons. The molecule has 0 spiro atoms. The van der Waals surface area contributed by atoms with Gasteiger partial charge >= 0.3 is 6.09 Å². The first-order valence-corrected chi connectivity index (χ1v) is 8.05. The largest absolute Gasteiger partial charge is 0.486 e. The molecule has 0 aliphatic heterocycles. The summed E-state index contributed by atoms with van der Waals surface area (Å²) in [7, 11) is 0. The third kappa shape index (κ3) is 3.82. The Morgan fingerprint density at radius 3 is 2.48 bits per heavy atom. The third-order valence-electron chi connectivity index (χ3n) is 3.60. The van der Waals surface area contributed by atoms with E-state index < -0.39 is 17.5 Å². The van der Waals surface area contributed by atoms with Gasteiger partial charge in [0.05, 0.1) is 5.52 Å². The number of ether oxygens (including phenoxy) is 2. The van der Waals surface area contributed by atoms with Crippen LogP contribution in [0.2, 0.25) is 0 Å². The molecule has 0 aliphatic carbocycles. The summed E-state index contributed by atoms with van der Waals surface area (Å²) in [5.41, 5.74) is 0.775. The van der Waals surface area contributed by atoms with Crippen LogP contribution >= 0.6 is 0 Å². The Labute approximate surface area is 145 Å². The predicted molar refractivity (Wildman–Crippen MR) is 94.3 cm³/mol. The minimum absolute atomic E-state index is 0.151. The van der Waals surface area contributed by atoms with Gasteiger partial charge in [0.25, 0.3) is 0 Å². The smallest absolute Gasteiger partial charge is 0.418 e. The molecule has 0 saturated heterocycles. The fourth-order valence-corrected chi connectivity index (χ4v) is 2.48. The quantitative estimate of drug-likeness (QED) is 0.662. The Bertz CT molecular complexity index is 894. The van der Waals surface area contributed by atoms with Crippen molar-refractivity contribution in [3.63, 3.8) is 0 Å². The molecular weight excluding hydrogens is 321 g/mol. The van der Waals surface area contributed by atoms with Gasteiger partial charge in [-0.3, -0.25) is 4.57 Å². The van der Waals surface area contributed by atoms with Crippen LogP contribution in [0.4, 0.5) is 9.18 Å². The number of benzene rings is 2. The molecule has 0 atom stereocenters. The zero-order chi connectivity index (χ0) is 18.0. The zero-order valence-corrected chi connectivity index (χ0v) is 14.5. The van der Waals surface area contributed by atoms with Gasteiger partial charge in [0.2, 0.25) is 0 Å². The Balaban J connectivity index is 1.85. The summed E-state index contributed by atoms with van der Waals surface area (Å²) in [5, 5.41) is 0.316. The molecule has 4 nitrogen and oxygen atoms in total. The van der Waals surface area contributed by atoms with Gasteiger partial charge in [-0.1, -0.05) is 30.3 Å². The number of aromatic nitrogens is 1. The van der Waals surface area contributed by atoms with E-state index in [9.17, 15) is 9.18 Å². The summed E-state index contributed by atoms with van der Waals surface area (Å²) in [6.07, 6.45) is 0.961. The van der Waals surface area contributed by atoms with E-state index in [0.29, 0.717) is 10.9 Å². The van der Waals surface area contributed by atoms with Crippen molar-refractivity contribution in [2.24, 2.45) is 0 Å². The fraction of sp³-hybridized carbons (Fsp3) is 0.250. The third-order valence-corrected chi connectivity index (χ3v) is 3.60. The van der Waals surface area contributed by atoms with Crippen LogP contribution in [0.15, 0.2) is 54.7 Å². The van der Waals surface area contributed by atoms with E-state index in [-0.39, 0.29) is 12.4 Å². The second-order valence-electron chi connectivity index (χ2n) is 6.75. The first kappa shape index (κ1) is 17.0. The Hall–Kier alpha value is -2.82. The molecule has 0 amide bonds. The van der Waals surface area contributed by atoms with E-state index in [2.05, 4.69) is 0 Å². The van der Waals surface area contributed by atoms with E-state index in [1.54, 1.807) is 32.9 Å². The number of fused-ring (bicyclic) bond motifs is 1. The summed E-state index contributed by atoms with van der Waals surface area (Å²) in [5.74, 6) is -0.339. The summed E-state index contributed by atoms with van der Waals surface area (Å²) >= 11 is 0. The SMILES string of the molecule is CC(C)(C)OC(=O)n1ccc2c(F)c(OCc3ccccc3)ccc21. The second-order valence-corrected chi connectivity index (χ2v) is 6.75. The number of hydrogen-bond acceptors (Lipinski definition) is 3. The van der Waals surface area contributed by atoms with E-state index >= 15 is 0 Å². The highest BCUT2D eigenvalue weighted by atomic mass is 19.1. The van der Waals surface area contributed by atoms with Crippen molar-refractivity contribution in [2.75, 3.05) is 0 Å². The lowest BCUT2D eigenvalue weighted by molar-refractivity contribution is 0.0544. The molecule has 2 aromatic carbocycles. The predicted octanol–water partition coefficient (Wildman–Crippen LogP) is 5.14. The van der Waals surface area contributed by atoms with Gasteiger partial charge in [0.1, 0.15) is 12.2 Å². The van der Waals surface area contributed by atoms with Gasteiger partial charge in [-0.15, -0.1) is 0 Å². The maximum absolute atomic E-state index is 14.7. The van der Waals surface area contributed by atoms with Crippen molar-refractivity contribution in [3.05, 3.63) is 66.1 Å². The lowest BCUT2D eigenvalue weighted by Crippen LogP contribution is -2.26. The highest BCUT2D eigenvalue weighted by Gasteiger charge is 2.20. The van der Waals surface area contributed by atoms with Crippen molar-refractivity contribution in [1.29, 1.82) is 0 Å². The van der Waals surface area contributed by atoms with Crippen LogP contribution in [0.25, 0.3) is 10.9 Å². The van der Waals surface area contributed by atoms with Crippen molar-refractivity contribution in [3.8, 4) is 5.75 Å². The number of carbonyl (C=O) groups excluding carboxylic acids is 1. The number of nitrogens with zero attached hydrogens (tertiary/aromatic N) is 1. The van der Waals surface area contributed by atoms with Gasteiger partial charge in [-0.25, -0.2) is 9.18 Å². The normalized spacial score (nSPS) is 11.5. The topological polar surface area (TPSA) is 40.5 Å². The Kier molecular flexibility index (Phi) is 4.49. The number of rotatable bonds is 3. The van der Waals surface area contributed by atoms with Crippen LogP contribution in [0.3, 0.4) is 0 Å². The van der Waals surface area contributed by atoms with E-state index in [4.69, 9.17) is 9.47 Å². The maximum atomic E-state index is 14.7. The zero-order valence-electron chi connectivity index (χ0n) is 14.5. The van der Waals surface area contributed by atoms with Crippen LogP contribution in [-0.2, 0) is 11.3 Å². The van der Waals surface area contributed by atoms with Crippen LogP contribution in [0, 0.1) is 5.82 Å². The van der Waals surface area contributed by atoms with Gasteiger partial charge < -0.3 is 9.47 Å². The van der Waals surface area contributed by atoms with Gasteiger partial charge in [0.15, 0.2) is 11.6 Å². The molecule has 0 unspecified atom stereocenters. The standard InChI is InChI=1S/C20H20FNO3/c1-20(2,3)25-19(23)22-12-11-15-16(22)9-10-17(18(15)21)24-13-14-7-5-4-6-8-14/h4-12H,13H2,1-3H3. The van der Waals surface area contributed by atoms with E-state index in [1.807, 2.05) is 30.3 Å². The minimum Gasteiger partial charge on any atom is -0.486 e. The average molecular weight is 341 g/mol. The highest BCUT2D eigenvalue weighted by Crippen LogP contribution is 2.28. The molecule has 3 rings (SSSR count). The molecule has 1 heterocycles. The van der Waals surface area contributed by atoms with Crippen LogP contribution < -0.4 is 4.74 Å². The molecule has 0 N–H and O–H groups in total. The first-order valence-electron chi connectivity index (χ1n) is 8.05. The summed E-state index contributed by atoms with van der Waals surface area (Å²) in [6, 6.07) is 14.3. The minimum atomic E-state index is -0.620. The summed E-state index contributed by atoms with van der Waals surface area (Å²) in [4.78, 5) is 12.2. The molecule has 1 aromatic heterocycles. The van der Waals surface area contributed by atoms with Gasteiger partial charge in [-0.05, 0) is 44.5 Å². The summed E-state index contributed by atoms with van der Waals surface area (Å²) in [6.45, 7) is 5.63. The Morgan fingerprint density at radius 2 is 1.80 bits per heavy atom. The summed E-state index contributed by atoms with van der Waals surface area (Å²) < 4.78 is 26.9. The lowest BCUT2D eigenvalue weighted by Gasteiger charge is -2.19. The fourth-order valence-electron chi connectivity index (χ4n) is 2.48. The van der Waals surface area contributed by atoms with Crippen molar-refractivity contribution in [2.45, 2.75) is 33.0 Å². The number of hydrogen-bond donors (Lipinski definition) is 0. The number of carbonyl (C=O) groups is 1. The van der Waals surface area contributed by atoms with E-state index in [1.165, 1.54) is 16.8 Å². The molecule has 130 valence electrons. The van der Waals surface area contributed by atoms with Crippen molar-refractivity contribution in [1.82, 2.24) is 4.57 Å². The first-order chi connectivity index (χ1) is 11.8. The molecular formula is C20H20FNO3. The van der Waals surface area contributed by atoms with Gasteiger partial charge in [-0.2, -0.15) is 0 Å². The second kappa shape index (κ2) is 6.59. The molecule has 0 bridgehead atoms. The molecule has 5 heteroatoms. The van der Waals surface area contributed by atoms with Crippen molar-refractivity contribution < 1.29 is 18.7 Å².